The van der Waals surface area contributed by atoms with E-state index in [1.165, 1.54) is 6.21 Å². The van der Waals surface area contributed by atoms with Crippen LogP contribution in [-0.2, 0) is 4.79 Å². The van der Waals surface area contributed by atoms with Gasteiger partial charge in [-0.25, -0.2) is 10.5 Å². The minimum Gasteiger partial charge on any atom is -0.372 e. The van der Waals surface area contributed by atoms with Crippen molar-refractivity contribution < 1.29 is 9.59 Å². The number of anilines is 1. The van der Waals surface area contributed by atoms with E-state index in [2.05, 4.69) is 44.8 Å². The topological polar surface area (TPSA) is 120 Å². The molecule has 0 spiro atoms. The number of H-pyrrole nitrogens is 1. The number of amides is 2. The summed E-state index contributed by atoms with van der Waals surface area (Å²) in [6, 6.07) is 21.9. The van der Waals surface area contributed by atoms with E-state index in [-0.39, 0.29) is 11.3 Å². The SMILES string of the molecule is CCN(CC)c1ccc(C=NNC(=O)[C@@H](NC(=O)c2ccccc2)c2n[nH]c(=O)c3ccccc23)cc1. The normalized spacial score (nSPS) is 11.8. The third kappa shape index (κ3) is 5.90. The molecule has 37 heavy (non-hydrogen) atoms. The van der Waals surface area contributed by atoms with Crippen molar-refractivity contribution in [1.82, 2.24) is 20.9 Å². The van der Waals surface area contributed by atoms with Crippen LogP contribution in [0.1, 0.15) is 41.5 Å². The molecule has 0 saturated carbocycles. The van der Waals surface area contributed by atoms with Gasteiger partial charge in [-0.3, -0.25) is 14.4 Å². The lowest BCUT2D eigenvalue weighted by Crippen LogP contribution is -2.40. The third-order valence-corrected chi connectivity index (χ3v) is 5.98. The molecule has 1 atom stereocenters. The Morgan fingerprint density at radius 2 is 1.59 bits per heavy atom. The van der Waals surface area contributed by atoms with Crippen LogP contribution in [0.3, 0.4) is 0 Å². The van der Waals surface area contributed by atoms with Crippen molar-refractivity contribution in [2.75, 3.05) is 18.0 Å². The van der Waals surface area contributed by atoms with Gasteiger partial charge in [0.15, 0.2) is 6.04 Å². The van der Waals surface area contributed by atoms with Crippen LogP contribution in [0.25, 0.3) is 10.8 Å². The molecule has 9 nitrogen and oxygen atoms in total. The molecule has 0 fully saturated rings. The Labute approximate surface area is 214 Å². The van der Waals surface area contributed by atoms with E-state index in [1.54, 1.807) is 54.6 Å². The second-order valence-corrected chi connectivity index (χ2v) is 8.25. The predicted octanol–water partition coefficient (Wildman–Crippen LogP) is 3.39. The zero-order chi connectivity index (χ0) is 26.2. The van der Waals surface area contributed by atoms with Crippen molar-refractivity contribution in [3.8, 4) is 0 Å². The molecule has 1 heterocycles. The number of fused-ring (bicyclic) bond motifs is 1. The van der Waals surface area contributed by atoms with Crippen LogP contribution in [0.4, 0.5) is 5.69 Å². The lowest BCUT2D eigenvalue weighted by atomic mass is 10.0. The van der Waals surface area contributed by atoms with Gasteiger partial charge in [0.25, 0.3) is 17.4 Å². The maximum absolute atomic E-state index is 13.3. The Morgan fingerprint density at radius 1 is 0.946 bits per heavy atom. The summed E-state index contributed by atoms with van der Waals surface area (Å²) in [6.45, 7) is 6.01. The Bertz CT molecular complexity index is 1460. The molecule has 0 aliphatic heterocycles. The van der Waals surface area contributed by atoms with Crippen molar-refractivity contribution in [2.24, 2.45) is 5.10 Å². The first-order chi connectivity index (χ1) is 18.0. The summed E-state index contributed by atoms with van der Waals surface area (Å²) >= 11 is 0. The quantitative estimate of drug-likeness (QED) is 0.242. The highest BCUT2D eigenvalue weighted by Crippen LogP contribution is 2.20. The summed E-state index contributed by atoms with van der Waals surface area (Å²) in [4.78, 5) is 40.7. The molecule has 3 N–H and O–H groups in total. The smallest absolute Gasteiger partial charge is 0.272 e. The van der Waals surface area contributed by atoms with E-state index in [0.717, 1.165) is 24.3 Å². The molecule has 0 bridgehead atoms. The van der Waals surface area contributed by atoms with Crippen molar-refractivity contribution in [3.63, 3.8) is 0 Å². The molecule has 0 unspecified atom stereocenters. The van der Waals surface area contributed by atoms with Crippen LogP contribution in [-0.4, -0.2) is 41.3 Å². The van der Waals surface area contributed by atoms with Gasteiger partial charge < -0.3 is 10.2 Å². The first-order valence-electron chi connectivity index (χ1n) is 12.0. The number of nitrogens with one attached hydrogen (secondary N) is 3. The van der Waals surface area contributed by atoms with Gasteiger partial charge in [0.2, 0.25) is 0 Å². The number of benzene rings is 3. The molecule has 4 aromatic rings. The van der Waals surface area contributed by atoms with Gasteiger partial charge in [-0.05, 0) is 49.7 Å². The summed E-state index contributed by atoms with van der Waals surface area (Å²) in [5.41, 5.74) is 4.60. The molecule has 0 aliphatic rings. The van der Waals surface area contributed by atoms with Crippen LogP contribution in [0.2, 0.25) is 0 Å². The van der Waals surface area contributed by atoms with Gasteiger partial charge in [-0.15, -0.1) is 0 Å². The number of carbonyl (C=O) groups is 2. The number of hydrogen-bond acceptors (Lipinski definition) is 6. The highest BCUT2D eigenvalue weighted by molar-refractivity contribution is 5.99. The van der Waals surface area contributed by atoms with Crippen molar-refractivity contribution >= 4 is 34.5 Å². The Morgan fingerprint density at radius 3 is 2.27 bits per heavy atom. The number of rotatable bonds is 9. The standard InChI is InChI=1S/C28H28N6O3/c1-3-34(4-2)21-16-14-19(15-17-21)18-29-32-28(37)25(30-26(35)20-10-6-5-7-11-20)24-22-12-8-9-13-23(22)27(36)33-31-24/h5-18,25H,3-4H2,1-2H3,(H,30,35)(H,32,37)(H,33,36)/t25-/m0/s1. The van der Waals surface area contributed by atoms with Crippen molar-refractivity contribution in [2.45, 2.75) is 19.9 Å². The van der Waals surface area contributed by atoms with Gasteiger partial charge in [0, 0.05) is 29.7 Å². The molecule has 0 saturated heterocycles. The average Bonchev–Trinajstić information content (AvgIpc) is 2.94. The number of nitrogens with zero attached hydrogens (tertiary/aromatic N) is 3. The maximum atomic E-state index is 13.3. The highest BCUT2D eigenvalue weighted by Gasteiger charge is 2.27. The summed E-state index contributed by atoms with van der Waals surface area (Å²) in [5, 5.41) is 14.2. The van der Waals surface area contributed by atoms with E-state index >= 15 is 0 Å². The van der Waals surface area contributed by atoms with Crippen molar-refractivity contribution in [3.05, 3.63) is 106 Å². The summed E-state index contributed by atoms with van der Waals surface area (Å²) in [7, 11) is 0. The van der Waals surface area contributed by atoms with E-state index in [9.17, 15) is 14.4 Å². The fourth-order valence-corrected chi connectivity index (χ4v) is 4.01. The van der Waals surface area contributed by atoms with Crippen LogP contribution in [0, 0.1) is 0 Å². The monoisotopic (exact) mass is 496 g/mol. The van der Waals surface area contributed by atoms with E-state index in [0.29, 0.717) is 16.3 Å². The Kier molecular flexibility index (Phi) is 8.05. The third-order valence-electron chi connectivity index (χ3n) is 5.98. The summed E-state index contributed by atoms with van der Waals surface area (Å²) in [6.07, 6.45) is 1.53. The minimum atomic E-state index is -1.21. The summed E-state index contributed by atoms with van der Waals surface area (Å²) < 4.78 is 0. The molecule has 0 radical (unpaired) electrons. The number of carbonyl (C=O) groups excluding carboxylic acids is 2. The van der Waals surface area contributed by atoms with Gasteiger partial charge >= 0.3 is 0 Å². The second-order valence-electron chi connectivity index (χ2n) is 8.25. The Balaban J connectivity index is 1.59. The fourth-order valence-electron chi connectivity index (χ4n) is 4.01. The number of hydrazone groups is 1. The largest absolute Gasteiger partial charge is 0.372 e. The average molecular weight is 497 g/mol. The van der Waals surface area contributed by atoms with Gasteiger partial charge in [-0.2, -0.15) is 10.2 Å². The van der Waals surface area contributed by atoms with Crippen LogP contribution < -0.4 is 21.2 Å². The fraction of sp³-hybridized carbons (Fsp3) is 0.179. The zero-order valence-corrected chi connectivity index (χ0v) is 20.6. The molecule has 0 aliphatic carbocycles. The molecular formula is C28H28N6O3. The van der Waals surface area contributed by atoms with E-state index in [1.807, 2.05) is 24.3 Å². The highest BCUT2D eigenvalue weighted by atomic mass is 16.2. The second kappa shape index (κ2) is 11.8. The van der Waals surface area contributed by atoms with E-state index in [4.69, 9.17) is 0 Å². The van der Waals surface area contributed by atoms with Crippen LogP contribution in [0.5, 0.6) is 0 Å². The summed E-state index contributed by atoms with van der Waals surface area (Å²) in [5.74, 6) is -1.07. The van der Waals surface area contributed by atoms with Gasteiger partial charge in [0.1, 0.15) is 5.69 Å². The van der Waals surface area contributed by atoms with Crippen molar-refractivity contribution in [1.29, 1.82) is 0 Å². The van der Waals surface area contributed by atoms with Gasteiger partial charge in [-0.1, -0.05) is 48.5 Å². The van der Waals surface area contributed by atoms with E-state index < -0.39 is 17.9 Å². The predicted molar refractivity (Wildman–Crippen MR) is 145 cm³/mol. The van der Waals surface area contributed by atoms with Crippen LogP contribution >= 0.6 is 0 Å². The zero-order valence-electron chi connectivity index (χ0n) is 20.6. The molecule has 188 valence electrons. The molecule has 4 rings (SSSR count). The first-order valence-corrected chi connectivity index (χ1v) is 12.0. The van der Waals surface area contributed by atoms with Crippen LogP contribution in [0.15, 0.2) is 88.8 Å². The lowest BCUT2D eigenvalue weighted by molar-refractivity contribution is -0.123. The number of hydrogen-bond donors (Lipinski definition) is 3. The molecular weight excluding hydrogens is 468 g/mol. The number of aromatic amines is 1. The maximum Gasteiger partial charge on any atom is 0.272 e. The lowest BCUT2D eigenvalue weighted by Gasteiger charge is -2.20. The molecule has 3 aromatic carbocycles. The Hall–Kier alpha value is -4.79. The first kappa shape index (κ1) is 25.3. The minimum absolute atomic E-state index is 0.204. The molecule has 9 heteroatoms. The molecule has 1 aromatic heterocycles. The van der Waals surface area contributed by atoms with Gasteiger partial charge in [0.05, 0.1) is 11.6 Å². The molecule has 2 amide bonds. The number of aromatic nitrogens is 2.